The molecule has 0 bridgehead atoms. The van der Waals surface area contributed by atoms with Gasteiger partial charge >= 0.3 is 5.92 Å². The Morgan fingerprint density at radius 3 is 2.53 bits per heavy atom. The van der Waals surface area contributed by atoms with Crippen molar-refractivity contribution in [3.05, 3.63) is 52.6 Å². The van der Waals surface area contributed by atoms with Gasteiger partial charge in [0.2, 0.25) is 5.88 Å². The number of nitrogens with zero attached hydrogens (tertiary/aromatic N) is 4. The molecule has 0 amide bonds. The van der Waals surface area contributed by atoms with Crippen LogP contribution >= 0.6 is 0 Å². The number of benzene rings is 1. The number of aliphatic hydroxyl groups excluding tert-OH is 1. The first-order valence-electron chi connectivity index (χ1n) is 10.8. The number of aryl methyl sites for hydroxylation is 1. The number of ether oxygens (including phenoxy) is 1. The number of pyridine rings is 1. The van der Waals surface area contributed by atoms with E-state index >= 15 is 4.39 Å². The largest absolute Gasteiger partial charge is 0.481 e. The molecule has 0 radical (unpaired) electrons. The molecular formula is C24H24F3N5O2. The molecule has 3 aromatic rings. The van der Waals surface area contributed by atoms with Crippen LogP contribution in [0, 0.1) is 24.1 Å². The number of nitriles is 1. The van der Waals surface area contributed by atoms with Crippen molar-refractivity contribution in [3.8, 4) is 11.9 Å². The van der Waals surface area contributed by atoms with Gasteiger partial charge in [-0.15, -0.1) is 0 Å². The Hall–Kier alpha value is -3.45. The van der Waals surface area contributed by atoms with Gasteiger partial charge in [0.25, 0.3) is 0 Å². The molecule has 0 unspecified atom stereocenters. The SMILES string of the molecule is COc1nc2nc(C)nc(N[C@H](C)c3cccc(C(F)(F)[C@@H](C)O)c3F)c2cc1C1(C#N)CC1. The molecule has 178 valence electrons. The van der Waals surface area contributed by atoms with Crippen LogP contribution in [0.3, 0.4) is 0 Å². The number of anilines is 1. The smallest absolute Gasteiger partial charge is 0.301 e. The highest BCUT2D eigenvalue weighted by Gasteiger charge is 2.48. The number of alkyl halides is 2. The fourth-order valence-electron chi connectivity index (χ4n) is 3.97. The lowest BCUT2D eigenvalue weighted by Gasteiger charge is -2.23. The minimum absolute atomic E-state index is 0.0142. The molecule has 7 nitrogen and oxygen atoms in total. The number of rotatable bonds is 7. The molecule has 34 heavy (non-hydrogen) atoms. The van der Waals surface area contributed by atoms with Crippen LogP contribution in [0.4, 0.5) is 19.0 Å². The molecular weight excluding hydrogens is 447 g/mol. The number of halogens is 3. The van der Waals surface area contributed by atoms with Crippen LogP contribution in [0.5, 0.6) is 5.88 Å². The minimum Gasteiger partial charge on any atom is -0.481 e. The van der Waals surface area contributed by atoms with Crippen molar-refractivity contribution in [2.24, 2.45) is 0 Å². The number of hydrogen-bond acceptors (Lipinski definition) is 7. The standard InChI is InChI=1S/C24H24F3N5O2/c1-12(15-6-5-7-17(19(15)25)24(26,27)13(2)33)29-20-16-10-18(23(11-28)8-9-23)22(34-4)32-21(16)31-14(3)30-20/h5-7,10,12-13,33H,8-9H2,1-4H3,(H,29,30,31,32)/t12-,13-/m1/s1. The highest BCUT2D eigenvalue weighted by molar-refractivity contribution is 5.88. The molecule has 2 N–H and O–H groups in total. The quantitative estimate of drug-likeness (QED) is 0.516. The second kappa shape index (κ2) is 8.40. The van der Waals surface area contributed by atoms with Gasteiger partial charge in [0.05, 0.1) is 35.6 Å². The molecule has 0 saturated heterocycles. The molecule has 1 fully saturated rings. The van der Waals surface area contributed by atoms with Crippen LogP contribution in [0.2, 0.25) is 0 Å². The maximum absolute atomic E-state index is 15.1. The second-order valence-corrected chi connectivity index (χ2v) is 8.60. The predicted octanol–water partition coefficient (Wildman–Crippen LogP) is 4.68. The van der Waals surface area contributed by atoms with E-state index in [-0.39, 0.29) is 5.56 Å². The molecule has 2 heterocycles. The fourth-order valence-corrected chi connectivity index (χ4v) is 3.97. The highest BCUT2D eigenvalue weighted by Crippen LogP contribution is 2.51. The van der Waals surface area contributed by atoms with Gasteiger partial charge in [-0.25, -0.2) is 14.4 Å². The van der Waals surface area contributed by atoms with Gasteiger partial charge < -0.3 is 15.2 Å². The summed E-state index contributed by atoms with van der Waals surface area (Å²) < 4.78 is 49.2. The van der Waals surface area contributed by atoms with Gasteiger partial charge in [0.15, 0.2) is 5.65 Å². The van der Waals surface area contributed by atoms with Gasteiger partial charge in [-0.3, -0.25) is 0 Å². The van der Waals surface area contributed by atoms with Crippen molar-refractivity contribution < 1.29 is 23.0 Å². The average molecular weight is 471 g/mol. The van der Waals surface area contributed by atoms with Gasteiger partial charge in [-0.1, -0.05) is 12.1 Å². The summed E-state index contributed by atoms with van der Waals surface area (Å²) in [6.45, 7) is 4.19. The molecule has 0 aliphatic heterocycles. The maximum atomic E-state index is 15.1. The Balaban J connectivity index is 1.78. The molecule has 1 aliphatic rings. The van der Waals surface area contributed by atoms with Crippen molar-refractivity contribution in [1.29, 1.82) is 5.26 Å². The van der Waals surface area contributed by atoms with E-state index in [1.165, 1.54) is 19.2 Å². The van der Waals surface area contributed by atoms with E-state index in [1.54, 1.807) is 19.9 Å². The fraction of sp³-hybridized carbons (Fsp3) is 0.417. The Bertz CT molecular complexity index is 1300. The van der Waals surface area contributed by atoms with E-state index in [0.29, 0.717) is 47.0 Å². The number of aliphatic hydroxyl groups is 1. The van der Waals surface area contributed by atoms with E-state index in [1.807, 2.05) is 0 Å². The number of hydrogen-bond donors (Lipinski definition) is 2. The average Bonchev–Trinajstić information content (AvgIpc) is 3.59. The van der Waals surface area contributed by atoms with E-state index in [9.17, 15) is 19.1 Å². The Kier molecular flexibility index (Phi) is 5.85. The van der Waals surface area contributed by atoms with Crippen molar-refractivity contribution in [1.82, 2.24) is 15.0 Å². The first-order valence-corrected chi connectivity index (χ1v) is 10.8. The lowest BCUT2D eigenvalue weighted by molar-refractivity contribution is -0.108. The summed E-state index contributed by atoms with van der Waals surface area (Å²) in [5, 5.41) is 22.7. The summed E-state index contributed by atoms with van der Waals surface area (Å²) in [4.78, 5) is 13.2. The number of aromatic nitrogens is 3. The third-order valence-electron chi connectivity index (χ3n) is 6.17. The Morgan fingerprint density at radius 1 is 1.24 bits per heavy atom. The third-order valence-corrected chi connectivity index (χ3v) is 6.17. The predicted molar refractivity (Wildman–Crippen MR) is 119 cm³/mol. The van der Waals surface area contributed by atoms with Gasteiger partial charge in [-0.05, 0) is 45.7 Å². The summed E-state index contributed by atoms with van der Waals surface area (Å²) in [5.41, 5.74) is -0.632. The topological polar surface area (TPSA) is 104 Å². The van der Waals surface area contributed by atoms with Crippen LogP contribution in [0.1, 0.15) is 55.2 Å². The van der Waals surface area contributed by atoms with Crippen LogP contribution in [-0.4, -0.2) is 33.3 Å². The van der Waals surface area contributed by atoms with Gasteiger partial charge in [0.1, 0.15) is 23.6 Å². The summed E-state index contributed by atoms with van der Waals surface area (Å²) in [6, 6.07) is 6.98. The number of nitrogens with one attached hydrogen (secondary N) is 1. The summed E-state index contributed by atoms with van der Waals surface area (Å²) in [7, 11) is 1.47. The van der Waals surface area contributed by atoms with E-state index in [0.717, 1.165) is 13.0 Å². The summed E-state index contributed by atoms with van der Waals surface area (Å²) in [5.74, 6) is -3.83. The van der Waals surface area contributed by atoms with Crippen LogP contribution in [0.15, 0.2) is 24.3 Å². The van der Waals surface area contributed by atoms with Crippen LogP contribution in [0.25, 0.3) is 11.0 Å². The van der Waals surface area contributed by atoms with E-state index < -0.39 is 34.9 Å². The molecule has 10 heteroatoms. The molecule has 2 atom stereocenters. The zero-order valence-corrected chi connectivity index (χ0v) is 19.2. The van der Waals surface area contributed by atoms with E-state index in [2.05, 4.69) is 26.3 Å². The molecule has 1 aliphatic carbocycles. The van der Waals surface area contributed by atoms with Crippen LogP contribution < -0.4 is 10.1 Å². The molecule has 1 aromatic carbocycles. The number of fused-ring (bicyclic) bond motifs is 1. The second-order valence-electron chi connectivity index (χ2n) is 8.60. The molecule has 1 saturated carbocycles. The first-order chi connectivity index (χ1) is 16.0. The van der Waals surface area contributed by atoms with Gasteiger partial charge in [-0.2, -0.15) is 19.0 Å². The Labute approximate surface area is 194 Å². The maximum Gasteiger partial charge on any atom is 0.301 e. The normalized spacial score (nSPS) is 16.6. The monoisotopic (exact) mass is 471 g/mol. The number of methoxy groups -OCH3 is 1. The third kappa shape index (κ3) is 3.90. The zero-order chi connectivity index (χ0) is 24.8. The lowest BCUT2D eigenvalue weighted by atomic mass is 9.97. The van der Waals surface area contributed by atoms with Crippen molar-refractivity contribution in [2.75, 3.05) is 12.4 Å². The lowest BCUT2D eigenvalue weighted by Crippen LogP contribution is -2.29. The molecule has 2 aromatic heterocycles. The molecule has 4 rings (SSSR count). The molecule has 0 spiro atoms. The summed E-state index contributed by atoms with van der Waals surface area (Å²) in [6.07, 6.45) is -0.702. The van der Waals surface area contributed by atoms with Crippen molar-refractivity contribution in [2.45, 2.75) is 57.1 Å². The zero-order valence-electron chi connectivity index (χ0n) is 19.2. The minimum atomic E-state index is -3.75. The van der Waals surface area contributed by atoms with Crippen LogP contribution in [-0.2, 0) is 11.3 Å². The van der Waals surface area contributed by atoms with E-state index in [4.69, 9.17) is 4.74 Å². The summed E-state index contributed by atoms with van der Waals surface area (Å²) >= 11 is 0. The van der Waals surface area contributed by atoms with Gasteiger partial charge in [0, 0.05) is 11.1 Å². The van der Waals surface area contributed by atoms with Crippen molar-refractivity contribution >= 4 is 16.9 Å². The first kappa shape index (κ1) is 23.7. The van der Waals surface area contributed by atoms with Crippen molar-refractivity contribution in [3.63, 3.8) is 0 Å². The highest BCUT2D eigenvalue weighted by atomic mass is 19.3. The Morgan fingerprint density at radius 2 is 1.94 bits per heavy atom.